The summed E-state index contributed by atoms with van der Waals surface area (Å²) in [5, 5.41) is 0. The van der Waals surface area contributed by atoms with Gasteiger partial charge in [0.25, 0.3) is 6.71 Å². The predicted octanol–water partition coefficient (Wildman–Crippen LogP) is 15.4. The molecule has 0 saturated heterocycles. The van der Waals surface area contributed by atoms with E-state index in [1.807, 2.05) is 0 Å². The maximum absolute atomic E-state index is 2.78. The second-order valence-electron chi connectivity index (χ2n) is 22.5. The molecule has 0 amide bonds. The zero-order valence-electron chi connectivity index (χ0n) is 41.1. The average molecular weight is 884 g/mol. The lowest BCUT2D eigenvalue weighted by Gasteiger charge is -2.51. The number of hydrogen-bond acceptors (Lipinski definition) is 3. The number of fused-ring (bicyclic) bond motifs is 7. The molecule has 0 aromatic heterocycles. The highest BCUT2D eigenvalue weighted by molar-refractivity contribution is 7.00. The molecule has 8 aromatic rings. The van der Waals surface area contributed by atoms with Crippen LogP contribution in [-0.2, 0) is 16.2 Å². The Morgan fingerprint density at radius 1 is 0.412 bits per heavy atom. The summed E-state index contributed by atoms with van der Waals surface area (Å²) < 4.78 is 0. The van der Waals surface area contributed by atoms with Gasteiger partial charge >= 0.3 is 0 Å². The first-order chi connectivity index (χ1) is 32.7. The molecule has 1 saturated carbocycles. The molecule has 336 valence electrons. The van der Waals surface area contributed by atoms with Crippen molar-refractivity contribution >= 4 is 68.6 Å². The SMILES string of the molecule is CC(C)(C)c1ccc(N2c3ccc(C(C)(C)C)cc3B3c4ccc(-c5ccccc5)cc4N(c4cccc(-c5ccccc5)c4)c4cc(N5c6ccccc6C6(C)CCCCC56C)cc2c43)cc1. The van der Waals surface area contributed by atoms with Gasteiger partial charge in [-0.3, -0.25) is 0 Å². The Bertz CT molecular complexity index is 3250. The summed E-state index contributed by atoms with van der Waals surface area (Å²) in [4.78, 5) is 8.01. The van der Waals surface area contributed by atoms with Crippen LogP contribution in [0, 0.1) is 0 Å². The van der Waals surface area contributed by atoms with Gasteiger partial charge in [-0.05, 0) is 141 Å². The number of rotatable bonds is 5. The van der Waals surface area contributed by atoms with Crippen molar-refractivity contribution in [1.82, 2.24) is 0 Å². The van der Waals surface area contributed by atoms with E-state index in [2.05, 4.69) is 252 Å². The van der Waals surface area contributed by atoms with Crippen molar-refractivity contribution in [3.05, 3.63) is 199 Å². The summed E-state index contributed by atoms with van der Waals surface area (Å²) in [6, 6.07) is 69.6. The van der Waals surface area contributed by atoms with E-state index >= 15 is 0 Å². The highest BCUT2D eigenvalue weighted by Crippen LogP contribution is 2.61. The Labute approximate surface area is 405 Å². The fraction of sp³-hybridized carbons (Fsp3) is 0.250. The summed E-state index contributed by atoms with van der Waals surface area (Å²) in [6.45, 7) is 19.1. The molecule has 1 fully saturated rings. The summed E-state index contributed by atoms with van der Waals surface area (Å²) in [7, 11) is 0. The normalized spacial score (nSPS) is 19.2. The van der Waals surface area contributed by atoms with Crippen LogP contribution in [-0.4, -0.2) is 12.3 Å². The van der Waals surface area contributed by atoms with Gasteiger partial charge < -0.3 is 14.7 Å². The maximum Gasteiger partial charge on any atom is 0.252 e. The zero-order valence-corrected chi connectivity index (χ0v) is 41.1. The highest BCUT2D eigenvalue weighted by atomic mass is 15.3. The van der Waals surface area contributed by atoms with Crippen LogP contribution in [0.5, 0.6) is 0 Å². The molecule has 8 aromatic carbocycles. The summed E-state index contributed by atoms with van der Waals surface area (Å²) in [6.07, 6.45) is 4.79. The van der Waals surface area contributed by atoms with E-state index in [1.165, 1.54) is 114 Å². The molecule has 3 heterocycles. The molecule has 0 N–H and O–H groups in total. The first kappa shape index (κ1) is 42.6. The number of para-hydroxylation sites is 1. The Morgan fingerprint density at radius 2 is 1.00 bits per heavy atom. The van der Waals surface area contributed by atoms with Crippen molar-refractivity contribution in [3.63, 3.8) is 0 Å². The van der Waals surface area contributed by atoms with Crippen LogP contribution in [0.2, 0.25) is 0 Å². The Balaban J connectivity index is 1.20. The van der Waals surface area contributed by atoms with E-state index < -0.39 is 0 Å². The molecule has 68 heavy (non-hydrogen) atoms. The van der Waals surface area contributed by atoms with Gasteiger partial charge in [-0.25, -0.2) is 0 Å². The third-order valence-corrected chi connectivity index (χ3v) is 16.5. The fourth-order valence-corrected chi connectivity index (χ4v) is 12.6. The molecule has 4 heteroatoms. The van der Waals surface area contributed by atoms with Crippen LogP contribution >= 0.6 is 0 Å². The van der Waals surface area contributed by atoms with Gasteiger partial charge in [-0.2, -0.15) is 0 Å². The summed E-state index contributed by atoms with van der Waals surface area (Å²) in [5.74, 6) is 0. The maximum atomic E-state index is 2.78. The first-order valence-electron chi connectivity index (χ1n) is 25.0. The van der Waals surface area contributed by atoms with Gasteiger partial charge in [0.1, 0.15) is 0 Å². The minimum absolute atomic E-state index is 0.00812. The minimum atomic E-state index is -0.117. The Kier molecular flexibility index (Phi) is 9.62. The van der Waals surface area contributed by atoms with Crippen molar-refractivity contribution in [2.45, 2.75) is 103 Å². The Morgan fingerprint density at radius 3 is 1.68 bits per heavy atom. The predicted molar refractivity (Wildman–Crippen MR) is 292 cm³/mol. The number of nitrogens with zero attached hydrogens (tertiary/aromatic N) is 3. The number of anilines is 8. The average Bonchev–Trinajstić information content (AvgIpc) is 3.56. The van der Waals surface area contributed by atoms with E-state index in [4.69, 9.17) is 0 Å². The van der Waals surface area contributed by atoms with Gasteiger partial charge in [0.05, 0.1) is 5.54 Å². The topological polar surface area (TPSA) is 9.72 Å². The monoisotopic (exact) mass is 884 g/mol. The molecule has 3 aliphatic heterocycles. The van der Waals surface area contributed by atoms with Gasteiger partial charge in [0, 0.05) is 50.9 Å². The minimum Gasteiger partial charge on any atom is -0.334 e. The second kappa shape index (κ2) is 15.4. The molecule has 2 atom stereocenters. The van der Waals surface area contributed by atoms with E-state index in [0.717, 1.165) is 12.1 Å². The molecule has 3 nitrogen and oxygen atoms in total. The van der Waals surface area contributed by atoms with Crippen LogP contribution in [0.15, 0.2) is 182 Å². The quantitative estimate of drug-likeness (QED) is 0.159. The van der Waals surface area contributed by atoms with Crippen molar-refractivity contribution in [1.29, 1.82) is 0 Å². The second-order valence-corrected chi connectivity index (χ2v) is 22.5. The van der Waals surface area contributed by atoms with Crippen LogP contribution in [0.25, 0.3) is 22.3 Å². The molecule has 0 spiro atoms. The van der Waals surface area contributed by atoms with Gasteiger partial charge in [0.15, 0.2) is 0 Å². The summed E-state index contributed by atoms with van der Waals surface area (Å²) >= 11 is 0. The van der Waals surface area contributed by atoms with Crippen molar-refractivity contribution < 1.29 is 0 Å². The van der Waals surface area contributed by atoms with Gasteiger partial charge in [-0.1, -0.05) is 189 Å². The Hall–Kier alpha value is -6.78. The molecule has 0 bridgehead atoms. The van der Waals surface area contributed by atoms with E-state index in [-0.39, 0.29) is 28.5 Å². The molecule has 0 radical (unpaired) electrons. The first-order valence-corrected chi connectivity index (χ1v) is 25.0. The fourth-order valence-electron chi connectivity index (χ4n) is 12.6. The lowest BCUT2D eigenvalue weighted by Crippen LogP contribution is -2.61. The van der Waals surface area contributed by atoms with Crippen molar-refractivity contribution in [2.75, 3.05) is 14.7 Å². The van der Waals surface area contributed by atoms with Crippen LogP contribution in [0.3, 0.4) is 0 Å². The molecule has 2 unspecified atom stereocenters. The lowest BCUT2D eigenvalue weighted by molar-refractivity contribution is 0.195. The van der Waals surface area contributed by atoms with Crippen LogP contribution in [0.4, 0.5) is 45.5 Å². The molecular formula is C64H62BN3. The molecule has 4 aliphatic rings. The number of benzene rings is 8. The van der Waals surface area contributed by atoms with E-state index in [9.17, 15) is 0 Å². The van der Waals surface area contributed by atoms with E-state index in [0.29, 0.717) is 0 Å². The smallest absolute Gasteiger partial charge is 0.252 e. The molecule has 12 rings (SSSR count). The molecule has 1 aliphatic carbocycles. The van der Waals surface area contributed by atoms with Crippen molar-refractivity contribution in [2.24, 2.45) is 0 Å². The largest absolute Gasteiger partial charge is 0.334 e. The van der Waals surface area contributed by atoms with Crippen LogP contribution in [0.1, 0.15) is 97.8 Å². The third-order valence-electron chi connectivity index (χ3n) is 16.5. The summed E-state index contributed by atoms with van der Waals surface area (Å²) in [5.41, 5.74) is 22.8. The van der Waals surface area contributed by atoms with E-state index in [1.54, 1.807) is 0 Å². The molecular weight excluding hydrogens is 822 g/mol. The number of hydrogen-bond donors (Lipinski definition) is 0. The van der Waals surface area contributed by atoms with Gasteiger partial charge in [0.2, 0.25) is 0 Å². The zero-order chi connectivity index (χ0) is 46.7. The van der Waals surface area contributed by atoms with Crippen LogP contribution < -0.4 is 31.1 Å². The highest BCUT2D eigenvalue weighted by Gasteiger charge is 2.58. The standard InChI is InChI=1S/C64H62BN3/c1-61(2,3)47-29-32-49(33-30-47)66-56-35-31-48(62(4,5)6)40-54(56)65-53-34-28-46(44-22-13-10-14-23-44)39-57(53)67(50-25-19-24-45(38-50)43-20-11-9-12-21-43)59-42-51(41-58(66)60(59)65)68-55-27-16-15-26-52(55)63(7)36-17-18-37-64(63,68)8/h9-16,19-35,38-42H,17-18,36-37H2,1-8H3. The lowest BCUT2D eigenvalue weighted by atomic mass is 9.33. The van der Waals surface area contributed by atoms with Crippen molar-refractivity contribution in [3.8, 4) is 22.3 Å². The van der Waals surface area contributed by atoms with Gasteiger partial charge in [-0.15, -0.1) is 0 Å². The third kappa shape index (κ3) is 6.47.